The Bertz CT molecular complexity index is 1080. The van der Waals surface area contributed by atoms with Gasteiger partial charge in [0.05, 0.1) is 13.2 Å². The fourth-order valence-corrected chi connectivity index (χ4v) is 7.68. The first kappa shape index (κ1) is 58.2. The molecule has 0 amide bonds. The van der Waals surface area contributed by atoms with Crippen molar-refractivity contribution < 1.29 is 37.6 Å². The van der Waals surface area contributed by atoms with Crippen LogP contribution in [0, 0.1) is 0 Å². The molecule has 2 unspecified atom stereocenters. The van der Waals surface area contributed by atoms with E-state index in [-0.39, 0.29) is 32.0 Å². The largest absolute Gasteiger partial charge is 0.472 e. The normalized spacial score (nSPS) is 13.5. The molecule has 0 fully saturated rings. The number of phosphoric acid groups is 1. The average Bonchev–Trinajstić information content (AvgIpc) is 3.23. The topological polar surface area (TPSA) is 120 Å². The molecule has 0 saturated carbocycles. The Morgan fingerprint density at radius 1 is 0.517 bits per heavy atom. The van der Waals surface area contributed by atoms with E-state index in [1.807, 2.05) is 0 Å². The van der Waals surface area contributed by atoms with Crippen LogP contribution >= 0.6 is 7.82 Å². The minimum Gasteiger partial charge on any atom is -0.462 e. The van der Waals surface area contributed by atoms with Crippen LogP contribution in [-0.2, 0) is 32.7 Å². The van der Waals surface area contributed by atoms with Crippen LogP contribution in [-0.4, -0.2) is 56.3 Å². The Labute approximate surface area is 369 Å². The number of phosphoric ester groups is 1. The zero-order valence-corrected chi connectivity index (χ0v) is 40.1. The van der Waals surface area contributed by atoms with Gasteiger partial charge in [-0.25, -0.2) is 4.57 Å². The minimum atomic E-state index is -4.35. The molecule has 2 atom stereocenters. The lowest BCUT2D eigenvalue weighted by molar-refractivity contribution is -0.161. The van der Waals surface area contributed by atoms with Crippen molar-refractivity contribution in [3.8, 4) is 0 Å². The van der Waals surface area contributed by atoms with Crippen LogP contribution in [0.25, 0.3) is 0 Å². The van der Waals surface area contributed by atoms with E-state index in [9.17, 15) is 19.0 Å². The van der Waals surface area contributed by atoms with Crippen molar-refractivity contribution in [1.29, 1.82) is 0 Å². The van der Waals surface area contributed by atoms with E-state index in [1.165, 1.54) is 154 Å². The predicted octanol–water partition coefficient (Wildman–Crippen LogP) is 14.8. The van der Waals surface area contributed by atoms with Crippen molar-refractivity contribution in [3.05, 3.63) is 36.5 Å². The van der Waals surface area contributed by atoms with Crippen LogP contribution in [0.4, 0.5) is 0 Å². The molecule has 10 heteroatoms. The van der Waals surface area contributed by atoms with Gasteiger partial charge in [0.15, 0.2) is 6.10 Å². The van der Waals surface area contributed by atoms with Gasteiger partial charge in [0.1, 0.15) is 6.61 Å². The van der Waals surface area contributed by atoms with Gasteiger partial charge in [0, 0.05) is 19.4 Å². The van der Waals surface area contributed by atoms with Gasteiger partial charge in [-0.15, -0.1) is 0 Å². The Hall–Kier alpha value is -1.77. The average molecular weight is 868 g/mol. The van der Waals surface area contributed by atoms with E-state index >= 15 is 0 Å². The van der Waals surface area contributed by atoms with Gasteiger partial charge in [-0.1, -0.05) is 185 Å². The van der Waals surface area contributed by atoms with Gasteiger partial charge in [-0.3, -0.25) is 18.6 Å². The van der Waals surface area contributed by atoms with Crippen LogP contribution in [0.15, 0.2) is 36.5 Å². The first-order chi connectivity index (χ1) is 29.3. The Balaban J connectivity index is 4.13. The highest BCUT2D eigenvalue weighted by atomic mass is 31.2. The molecule has 0 radical (unpaired) electrons. The van der Waals surface area contributed by atoms with E-state index in [1.54, 1.807) is 7.05 Å². The highest BCUT2D eigenvalue weighted by Gasteiger charge is 2.26. The summed E-state index contributed by atoms with van der Waals surface area (Å²) in [5.41, 5.74) is 0. The Morgan fingerprint density at radius 2 is 0.900 bits per heavy atom. The number of hydrogen-bond donors (Lipinski definition) is 2. The lowest BCUT2D eigenvalue weighted by Gasteiger charge is -2.20. The van der Waals surface area contributed by atoms with Crippen LogP contribution in [0.3, 0.4) is 0 Å². The van der Waals surface area contributed by atoms with Gasteiger partial charge in [-0.05, 0) is 77.7 Å². The molecule has 352 valence electrons. The zero-order valence-electron chi connectivity index (χ0n) is 39.2. The predicted molar refractivity (Wildman–Crippen MR) is 252 cm³/mol. The number of nitrogens with one attached hydrogen (secondary N) is 1. The molecule has 0 rings (SSSR count). The van der Waals surface area contributed by atoms with Gasteiger partial charge in [-0.2, -0.15) is 0 Å². The van der Waals surface area contributed by atoms with Gasteiger partial charge >= 0.3 is 19.8 Å². The summed E-state index contributed by atoms with van der Waals surface area (Å²) in [6, 6.07) is 0. The monoisotopic (exact) mass is 868 g/mol. The molecule has 0 aliphatic rings. The van der Waals surface area contributed by atoms with Gasteiger partial charge < -0.3 is 19.7 Å². The van der Waals surface area contributed by atoms with Crippen LogP contribution in [0.2, 0.25) is 0 Å². The molecule has 0 aromatic carbocycles. The third kappa shape index (κ3) is 45.7. The molecule has 0 heterocycles. The summed E-state index contributed by atoms with van der Waals surface area (Å²) in [7, 11) is -2.65. The smallest absolute Gasteiger partial charge is 0.462 e. The number of ether oxygens (including phenoxy) is 2. The zero-order chi connectivity index (χ0) is 43.9. The second-order valence-corrected chi connectivity index (χ2v) is 18.1. The van der Waals surface area contributed by atoms with Crippen molar-refractivity contribution in [2.75, 3.05) is 33.4 Å². The number of esters is 2. The van der Waals surface area contributed by atoms with Crippen molar-refractivity contribution in [2.45, 2.75) is 238 Å². The molecule has 0 saturated heterocycles. The van der Waals surface area contributed by atoms with E-state index in [2.05, 4.69) is 55.6 Å². The van der Waals surface area contributed by atoms with Crippen molar-refractivity contribution in [3.63, 3.8) is 0 Å². The lowest BCUT2D eigenvalue weighted by atomic mass is 10.1. The van der Waals surface area contributed by atoms with Crippen molar-refractivity contribution in [1.82, 2.24) is 5.32 Å². The molecule has 2 N–H and O–H groups in total. The number of likely N-dealkylation sites (N-methyl/N-ethyl adjacent to an activating group) is 1. The molecular weight excluding hydrogens is 774 g/mol. The number of carbonyl (C=O) groups is 2. The second kappa shape index (κ2) is 46.7. The van der Waals surface area contributed by atoms with Crippen molar-refractivity contribution >= 4 is 19.8 Å². The number of allylic oxidation sites excluding steroid dienone is 6. The molecular formula is C50H94NO8P. The first-order valence-electron chi connectivity index (χ1n) is 24.9. The van der Waals surface area contributed by atoms with E-state index in [0.29, 0.717) is 13.0 Å². The highest BCUT2D eigenvalue weighted by molar-refractivity contribution is 7.47. The Kier molecular flexibility index (Phi) is 45.3. The molecule has 0 aliphatic heterocycles. The third-order valence-electron chi connectivity index (χ3n) is 10.7. The summed E-state index contributed by atoms with van der Waals surface area (Å²) < 4.78 is 33.3. The summed E-state index contributed by atoms with van der Waals surface area (Å²) in [5, 5.41) is 2.83. The maximum absolute atomic E-state index is 12.7. The number of rotatable bonds is 47. The van der Waals surface area contributed by atoms with E-state index in [4.69, 9.17) is 18.5 Å². The highest BCUT2D eigenvalue weighted by Crippen LogP contribution is 2.43. The fraction of sp³-hybridized carbons (Fsp3) is 0.840. The standard InChI is InChI=1S/C50H94NO8P/c1-4-6-8-10-12-14-16-18-20-22-24-26-28-30-32-34-36-38-40-42-49(52)56-46-48(47-58-60(54,55)57-45-44-51-3)59-50(53)43-41-39-37-35-33-31-29-27-25-23-21-19-17-15-13-11-9-7-5-2/h12,14,18-21,48,51H,4-11,13,15-17,22-47H2,1-3H3,(H,54,55)/b14-12-,20-18-,21-19-. The van der Waals surface area contributed by atoms with Crippen LogP contribution in [0.1, 0.15) is 232 Å². The maximum atomic E-state index is 12.7. The van der Waals surface area contributed by atoms with E-state index in [0.717, 1.165) is 44.9 Å². The summed E-state index contributed by atoms with van der Waals surface area (Å²) in [6.45, 7) is 4.22. The molecule has 0 bridgehead atoms. The van der Waals surface area contributed by atoms with E-state index < -0.39 is 26.5 Å². The lowest BCUT2D eigenvalue weighted by Crippen LogP contribution is -2.29. The molecule has 0 aromatic heterocycles. The quantitative estimate of drug-likeness (QED) is 0.0266. The fourth-order valence-electron chi connectivity index (χ4n) is 6.93. The Morgan fingerprint density at radius 3 is 1.37 bits per heavy atom. The third-order valence-corrected chi connectivity index (χ3v) is 11.7. The summed E-state index contributed by atoms with van der Waals surface area (Å²) in [5.74, 6) is -0.806. The number of unbranched alkanes of at least 4 members (excludes halogenated alkanes) is 27. The van der Waals surface area contributed by atoms with Crippen molar-refractivity contribution in [2.24, 2.45) is 0 Å². The molecule has 0 aliphatic carbocycles. The number of carbonyl (C=O) groups excluding carboxylic acids is 2. The second-order valence-electron chi connectivity index (χ2n) is 16.6. The SMILES string of the molecule is CCCCC/C=C\C/C=C\CCCCCCCCCCCC(=O)OCC(COP(=O)(O)OCCNC)OC(=O)CCCCCCCCCCC/C=C\CCCCCCCC. The van der Waals surface area contributed by atoms with Crippen LogP contribution in [0.5, 0.6) is 0 Å². The van der Waals surface area contributed by atoms with Gasteiger partial charge in [0.25, 0.3) is 0 Å². The molecule has 60 heavy (non-hydrogen) atoms. The van der Waals surface area contributed by atoms with Crippen LogP contribution < -0.4 is 5.32 Å². The first-order valence-corrected chi connectivity index (χ1v) is 26.4. The summed E-state index contributed by atoms with van der Waals surface area (Å²) in [4.78, 5) is 35.2. The molecule has 9 nitrogen and oxygen atoms in total. The van der Waals surface area contributed by atoms with Gasteiger partial charge in [0.2, 0.25) is 0 Å². The molecule has 0 aromatic rings. The number of hydrogen-bond acceptors (Lipinski definition) is 8. The maximum Gasteiger partial charge on any atom is 0.472 e. The summed E-state index contributed by atoms with van der Waals surface area (Å²) >= 11 is 0. The summed E-state index contributed by atoms with van der Waals surface area (Å²) in [6.07, 6.45) is 51.8. The minimum absolute atomic E-state index is 0.0176. The molecule has 0 spiro atoms.